The second-order valence-electron chi connectivity index (χ2n) is 6.48. The summed E-state index contributed by atoms with van der Waals surface area (Å²) in [7, 11) is 0. The van der Waals surface area contributed by atoms with Crippen molar-refractivity contribution >= 4 is 51.4 Å². The molecule has 0 amide bonds. The van der Waals surface area contributed by atoms with Crippen LogP contribution >= 0.6 is 11.6 Å². The van der Waals surface area contributed by atoms with E-state index in [2.05, 4.69) is 14.9 Å². The molecule has 1 aliphatic heterocycles. The maximum absolute atomic E-state index is 10.6. The highest BCUT2D eigenvalue weighted by atomic mass is 35.5. The lowest BCUT2D eigenvalue weighted by Crippen LogP contribution is -2.43. The summed E-state index contributed by atoms with van der Waals surface area (Å²) >= 11 is 6.08. The monoisotopic (exact) mass is 431 g/mol. The van der Waals surface area contributed by atoms with Crippen molar-refractivity contribution in [3.8, 4) is 0 Å². The van der Waals surface area contributed by atoms with Crippen molar-refractivity contribution in [3.63, 3.8) is 0 Å². The van der Waals surface area contributed by atoms with Gasteiger partial charge >= 0.3 is 12.1 Å². The molecule has 1 saturated heterocycles. The fourth-order valence-corrected chi connectivity index (χ4v) is 3.21. The number of carboxylic acid groups (broad SMARTS) is 1. The van der Waals surface area contributed by atoms with Crippen LogP contribution in [0.2, 0.25) is 5.02 Å². The van der Waals surface area contributed by atoms with Gasteiger partial charge in [-0.15, -0.1) is 0 Å². The second kappa shape index (κ2) is 7.91. The molecule has 2 aromatic heterocycles. The average Bonchev–Trinajstić information content (AvgIpc) is 2.98. The summed E-state index contributed by atoms with van der Waals surface area (Å²) < 4.78 is 37.7. The lowest BCUT2D eigenvalue weighted by Gasteiger charge is -2.31. The molecule has 0 spiro atoms. The third-order valence-corrected chi connectivity index (χ3v) is 4.51. The van der Waals surface area contributed by atoms with E-state index in [0.717, 1.165) is 36.9 Å². The molecule has 1 fully saturated rings. The third-order valence-electron chi connectivity index (χ3n) is 4.27. The first kappa shape index (κ1) is 20.9. The largest absolute Gasteiger partial charge is 0.490 e. The van der Waals surface area contributed by atoms with E-state index < -0.39 is 12.1 Å². The summed E-state index contributed by atoms with van der Waals surface area (Å²) in [4.78, 5) is 19.7. The molecular formula is C17H17ClF3N5O3. The van der Waals surface area contributed by atoms with E-state index in [0.29, 0.717) is 21.9 Å². The van der Waals surface area contributed by atoms with Gasteiger partial charge in [0.05, 0.1) is 0 Å². The van der Waals surface area contributed by atoms with Gasteiger partial charge in [0.25, 0.3) is 0 Å². The number of carboxylic acids is 1. The minimum Gasteiger partial charge on any atom is -0.475 e. The van der Waals surface area contributed by atoms with Crippen molar-refractivity contribution in [3.05, 3.63) is 23.2 Å². The molecule has 8 nitrogen and oxygen atoms in total. The normalized spacial score (nSPS) is 17.3. The highest BCUT2D eigenvalue weighted by molar-refractivity contribution is 6.31. The number of rotatable bonds is 1. The van der Waals surface area contributed by atoms with E-state index in [9.17, 15) is 13.2 Å². The Morgan fingerprint density at radius 2 is 2.03 bits per heavy atom. The summed E-state index contributed by atoms with van der Waals surface area (Å²) in [5, 5.41) is 8.60. The fraction of sp³-hybridized carbons (Fsp3) is 0.353. The molecule has 3 heterocycles. The zero-order chi connectivity index (χ0) is 21.3. The summed E-state index contributed by atoms with van der Waals surface area (Å²) in [5.41, 5.74) is 14.0. The number of halogens is 4. The van der Waals surface area contributed by atoms with Gasteiger partial charge in [-0.1, -0.05) is 11.6 Å². The molecular weight excluding hydrogens is 415 g/mol. The van der Waals surface area contributed by atoms with Gasteiger partial charge in [0.1, 0.15) is 11.1 Å². The number of fused-ring (bicyclic) bond motifs is 3. The standard InChI is InChI=1S/C15H16ClN5O.C2HF3O2/c16-8-3-4-11-10(6-8)12-13(22-11)14(20-15(18)19-12)21-5-1-2-9(17)7-21;3-2(4,5)1(6)7/h3-4,6,9H,1-2,5,7,17H2,(H2,18,19,20);(H,6,7)/t9-;/m1./s1. The Labute approximate surface area is 167 Å². The number of nitrogens with two attached hydrogens (primary N) is 2. The molecule has 1 aromatic carbocycles. The van der Waals surface area contributed by atoms with Gasteiger partial charge in [0.2, 0.25) is 5.95 Å². The number of anilines is 2. The Hall–Kier alpha value is -2.79. The van der Waals surface area contributed by atoms with Gasteiger partial charge in [0.15, 0.2) is 11.4 Å². The van der Waals surface area contributed by atoms with Crippen molar-refractivity contribution in [1.82, 2.24) is 9.97 Å². The molecule has 156 valence electrons. The Bertz CT molecular complexity index is 1060. The highest BCUT2D eigenvalue weighted by Crippen LogP contribution is 2.35. The molecule has 4 rings (SSSR count). The maximum Gasteiger partial charge on any atom is 0.490 e. The predicted octanol–water partition coefficient (Wildman–Crippen LogP) is 3.17. The first-order valence-corrected chi connectivity index (χ1v) is 8.90. The summed E-state index contributed by atoms with van der Waals surface area (Å²) in [5.74, 6) is -1.82. The summed E-state index contributed by atoms with van der Waals surface area (Å²) in [6.07, 6.45) is -3.03. The van der Waals surface area contributed by atoms with Crippen LogP contribution in [0.4, 0.5) is 24.9 Å². The first-order chi connectivity index (χ1) is 13.6. The minimum absolute atomic E-state index is 0.138. The third kappa shape index (κ3) is 4.62. The van der Waals surface area contributed by atoms with Crippen molar-refractivity contribution in [1.29, 1.82) is 0 Å². The van der Waals surface area contributed by atoms with Crippen molar-refractivity contribution in [2.24, 2.45) is 5.73 Å². The van der Waals surface area contributed by atoms with Crippen LogP contribution in [-0.4, -0.2) is 46.4 Å². The van der Waals surface area contributed by atoms with E-state index in [1.807, 2.05) is 12.1 Å². The van der Waals surface area contributed by atoms with E-state index in [1.54, 1.807) is 6.07 Å². The number of nitrogens with zero attached hydrogens (tertiary/aromatic N) is 3. The first-order valence-electron chi connectivity index (χ1n) is 8.52. The molecule has 1 aliphatic rings. The van der Waals surface area contributed by atoms with E-state index in [1.165, 1.54) is 0 Å². The lowest BCUT2D eigenvalue weighted by molar-refractivity contribution is -0.192. The van der Waals surface area contributed by atoms with E-state index in [-0.39, 0.29) is 12.0 Å². The number of hydrogen-bond acceptors (Lipinski definition) is 7. The topological polar surface area (TPSA) is 132 Å². The van der Waals surface area contributed by atoms with Crippen molar-refractivity contribution in [2.45, 2.75) is 25.1 Å². The number of nitrogen functional groups attached to an aromatic ring is 1. The Balaban J connectivity index is 0.000000298. The van der Waals surface area contributed by atoms with Crippen LogP contribution in [0, 0.1) is 0 Å². The maximum atomic E-state index is 10.6. The van der Waals surface area contributed by atoms with Crippen molar-refractivity contribution in [2.75, 3.05) is 23.7 Å². The lowest BCUT2D eigenvalue weighted by atomic mass is 10.1. The fourth-order valence-electron chi connectivity index (χ4n) is 3.03. The molecule has 0 aliphatic carbocycles. The Morgan fingerprint density at radius 1 is 1.34 bits per heavy atom. The number of aromatic nitrogens is 2. The van der Waals surface area contributed by atoms with E-state index >= 15 is 0 Å². The zero-order valence-corrected chi connectivity index (χ0v) is 15.7. The van der Waals surface area contributed by atoms with Crippen LogP contribution < -0.4 is 16.4 Å². The predicted molar refractivity (Wildman–Crippen MR) is 102 cm³/mol. The second-order valence-corrected chi connectivity index (χ2v) is 6.91. The smallest absolute Gasteiger partial charge is 0.475 e. The minimum atomic E-state index is -5.08. The SMILES string of the molecule is Nc1nc(N2CCC[C@@H](N)C2)c2oc3ccc(Cl)cc3c2n1.O=C(O)C(F)(F)F. The number of piperidine rings is 1. The van der Waals surface area contributed by atoms with Crippen LogP contribution in [0.3, 0.4) is 0 Å². The number of alkyl halides is 3. The van der Waals surface area contributed by atoms with Crippen molar-refractivity contribution < 1.29 is 27.5 Å². The van der Waals surface area contributed by atoms with Gasteiger partial charge < -0.3 is 25.9 Å². The Morgan fingerprint density at radius 3 is 2.66 bits per heavy atom. The molecule has 5 N–H and O–H groups in total. The number of aliphatic carboxylic acids is 1. The zero-order valence-electron chi connectivity index (χ0n) is 14.9. The van der Waals surface area contributed by atoms with Crippen LogP contribution in [-0.2, 0) is 4.79 Å². The molecule has 29 heavy (non-hydrogen) atoms. The van der Waals surface area contributed by atoms with Gasteiger partial charge in [0, 0.05) is 29.5 Å². The van der Waals surface area contributed by atoms with Gasteiger partial charge in [-0.3, -0.25) is 0 Å². The molecule has 12 heteroatoms. The number of hydrogen-bond donors (Lipinski definition) is 3. The van der Waals surface area contributed by atoms with Crippen LogP contribution in [0.25, 0.3) is 22.1 Å². The average molecular weight is 432 g/mol. The quantitative estimate of drug-likeness (QED) is 0.535. The molecule has 0 radical (unpaired) electrons. The van der Waals surface area contributed by atoms with Crippen LogP contribution in [0.1, 0.15) is 12.8 Å². The molecule has 0 unspecified atom stereocenters. The molecule has 3 aromatic rings. The Kier molecular flexibility index (Phi) is 5.71. The van der Waals surface area contributed by atoms with Gasteiger partial charge in [-0.05, 0) is 31.0 Å². The van der Waals surface area contributed by atoms with Crippen LogP contribution in [0.15, 0.2) is 22.6 Å². The molecule has 0 saturated carbocycles. The van der Waals surface area contributed by atoms with Crippen LogP contribution in [0.5, 0.6) is 0 Å². The molecule has 0 bridgehead atoms. The van der Waals surface area contributed by atoms with E-state index in [4.69, 9.17) is 37.4 Å². The highest BCUT2D eigenvalue weighted by Gasteiger charge is 2.38. The van der Waals surface area contributed by atoms with Gasteiger partial charge in [-0.25, -0.2) is 9.78 Å². The number of furan rings is 1. The molecule has 1 atom stereocenters. The summed E-state index contributed by atoms with van der Waals surface area (Å²) in [6, 6.07) is 5.60. The summed E-state index contributed by atoms with van der Waals surface area (Å²) in [6.45, 7) is 1.63. The number of carbonyl (C=O) groups is 1. The van der Waals surface area contributed by atoms with Gasteiger partial charge in [-0.2, -0.15) is 18.2 Å². The number of benzene rings is 1.